The summed E-state index contributed by atoms with van der Waals surface area (Å²) in [5.41, 5.74) is -0.687. The molecule has 2 aliphatic carbocycles. The summed E-state index contributed by atoms with van der Waals surface area (Å²) >= 11 is 0. The summed E-state index contributed by atoms with van der Waals surface area (Å²) < 4.78 is 52.9. The molecule has 0 radical (unpaired) electrons. The first-order chi connectivity index (χ1) is 20.5. The van der Waals surface area contributed by atoms with Crippen molar-refractivity contribution in [1.29, 1.82) is 5.26 Å². The standard InChI is InChI=1S/C24H34F4N4O.C7H5N.C2H6/c1-16(2)15-31-9-7-30(8-10-31)11-12-32(22-6-3-17-13-19(17)22)23(33)29-18-4-5-21(25)20(14-18)24(26,27)28;8-6-7-4-2-1-3-5-7;1-2/h4-5,14,16-17,19,22H,3,6-13,15H2,1-2H3,(H,29,33);1-5H;1-2H3. The molecule has 2 aromatic carbocycles. The van der Waals surface area contributed by atoms with E-state index in [0.717, 1.165) is 64.6 Å². The summed E-state index contributed by atoms with van der Waals surface area (Å²) in [4.78, 5) is 19.8. The highest BCUT2D eigenvalue weighted by molar-refractivity contribution is 5.89. The van der Waals surface area contributed by atoms with Gasteiger partial charge < -0.3 is 15.1 Å². The topological polar surface area (TPSA) is 62.6 Å². The molecule has 3 aliphatic rings. The number of benzene rings is 2. The lowest BCUT2D eigenvalue weighted by Gasteiger charge is -2.37. The first kappa shape index (κ1) is 34.3. The molecule has 2 amide bonds. The highest BCUT2D eigenvalue weighted by Gasteiger charge is 2.51. The van der Waals surface area contributed by atoms with Gasteiger partial charge in [-0.1, -0.05) is 45.9 Å². The lowest BCUT2D eigenvalue weighted by atomic mass is 10.1. The average molecular weight is 604 g/mol. The van der Waals surface area contributed by atoms with Gasteiger partial charge >= 0.3 is 12.2 Å². The van der Waals surface area contributed by atoms with E-state index in [0.29, 0.717) is 35.9 Å². The predicted molar refractivity (Wildman–Crippen MR) is 162 cm³/mol. The summed E-state index contributed by atoms with van der Waals surface area (Å²) in [7, 11) is 0. The van der Waals surface area contributed by atoms with Gasteiger partial charge in [-0.2, -0.15) is 18.4 Å². The molecule has 1 saturated heterocycles. The van der Waals surface area contributed by atoms with Crippen LogP contribution in [0.3, 0.4) is 0 Å². The second kappa shape index (κ2) is 16.1. The Labute approximate surface area is 253 Å². The maximum absolute atomic E-state index is 13.6. The van der Waals surface area contributed by atoms with Crippen molar-refractivity contribution in [2.45, 2.75) is 59.2 Å². The van der Waals surface area contributed by atoms with E-state index in [2.05, 4.69) is 29.0 Å². The van der Waals surface area contributed by atoms with Crippen molar-refractivity contribution in [3.05, 3.63) is 65.5 Å². The lowest BCUT2D eigenvalue weighted by molar-refractivity contribution is -0.139. The zero-order valence-electron chi connectivity index (χ0n) is 25.7. The molecule has 1 heterocycles. The van der Waals surface area contributed by atoms with Crippen LogP contribution < -0.4 is 5.32 Å². The van der Waals surface area contributed by atoms with E-state index >= 15 is 0 Å². The van der Waals surface area contributed by atoms with Crippen molar-refractivity contribution in [3.8, 4) is 6.07 Å². The second-order valence-corrected chi connectivity index (χ2v) is 11.6. The van der Waals surface area contributed by atoms with Crippen LogP contribution in [0.15, 0.2) is 48.5 Å². The highest BCUT2D eigenvalue weighted by Crippen LogP contribution is 2.53. The summed E-state index contributed by atoms with van der Waals surface area (Å²) in [5.74, 6) is 0.463. The van der Waals surface area contributed by atoms with Gasteiger partial charge in [0.15, 0.2) is 0 Å². The number of hydrogen-bond donors (Lipinski definition) is 1. The quantitative estimate of drug-likeness (QED) is 0.337. The van der Waals surface area contributed by atoms with Crippen LogP contribution in [0.4, 0.5) is 28.0 Å². The molecule has 3 fully saturated rings. The zero-order valence-corrected chi connectivity index (χ0v) is 25.7. The number of hydrogen-bond acceptors (Lipinski definition) is 4. The van der Waals surface area contributed by atoms with Gasteiger partial charge in [0.25, 0.3) is 0 Å². The zero-order chi connectivity index (χ0) is 31.6. The molecule has 0 bridgehead atoms. The van der Waals surface area contributed by atoms with E-state index in [1.165, 1.54) is 6.07 Å². The summed E-state index contributed by atoms with van der Waals surface area (Å²) in [6.07, 6.45) is -1.66. The number of carbonyl (C=O) groups is 1. The molecule has 10 heteroatoms. The minimum Gasteiger partial charge on any atom is -0.320 e. The van der Waals surface area contributed by atoms with E-state index in [9.17, 15) is 22.4 Å². The first-order valence-corrected chi connectivity index (χ1v) is 15.4. The molecule has 1 N–H and O–H groups in total. The van der Waals surface area contributed by atoms with Gasteiger partial charge in [-0.05, 0) is 67.3 Å². The third-order valence-corrected chi connectivity index (χ3v) is 8.14. The molecule has 1 aliphatic heterocycles. The molecular weight excluding hydrogens is 558 g/mol. The fraction of sp³-hybridized carbons (Fsp3) is 0.576. The Morgan fingerprint density at radius 2 is 1.70 bits per heavy atom. The summed E-state index contributed by atoms with van der Waals surface area (Å²) in [6.45, 7) is 14.7. The maximum Gasteiger partial charge on any atom is 0.419 e. The van der Waals surface area contributed by atoms with Crippen molar-refractivity contribution in [1.82, 2.24) is 14.7 Å². The van der Waals surface area contributed by atoms with Crippen LogP contribution in [0.1, 0.15) is 58.1 Å². The van der Waals surface area contributed by atoms with Crippen molar-refractivity contribution >= 4 is 11.7 Å². The number of urea groups is 1. The number of halogens is 4. The molecule has 3 unspecified atom stereocenters. The smallest absolute Gasteiger partial charge is 0.320 e. The Morgan fingerprint density at radius 1 is 1.05 bits per heavy atom. The van der Waals surface area contributed by atoms with Crippen molar-refractivity contribution in [3.63, 3.8) is 0 Å². The Bertz CT molecular complexity index is 1190. The number of alkyl halides is 3. The number of amides is 2. The van der Waals surface area contributed by atoms with Gasteiger partial charge in [0.2, 0.25) is 0 Å². The van der Waals surface area contributed by atoms with Crippen LogP contribution in [0.5, 0.6) is 0 Å². The molecule has 2 aromatic rings. The largest absolute Gasteiger partial charge is 0.419 e. The Kier molecular flexibility index (Phi) is 12.8. The minimum atomic E-state index is -4.81. The lowest BCUT2D eigenvalue weighted by Crippen LogP contribution is -2.51. The van der Waals surface area contributed by atoms with Crippen LogP contribution in [-0.2, 0) is 6.18 Å². The van der Waals surface area contributed by atoms with Gasteiger partial charge in [-0.3, -0.25) is 4.90 Å². The minimum absolute atomic E-state index is 0.0358. The fourth-order valence-electron chi connectivity index (χ4n) is 5.97. The molecule has 3 atom stereocenters. The Morgan fingerprint density at radius 3 is 2.21 bits per heavy atom. The predicted octanol–water partition coefficient (Wildman–Crippen LogP) is 7.33. The van der Waals surface area contributed by atoms with E-state index in [1.807, 2.05) is 43.0 Å². The number of fused-ring (bicyclic) bond motifs is 1. The second-order valence-electron chi connectivity index (χ2n) is 11.6. The number of nitriles is 1. The molecule has 43 heavy (non-hydrogen) atoms. The molecule has 236 valence electrons. The van der Waals surface area contributed by atoms with Gasteiger partial charge in [0.05, 0.1) is 17.2 Å². The van der Waals surface area contributed by atoms with Crippen molar-refractivity contribution in [2.75, 3.05) is 51.1 Å². The maximum atomic E-state index is 13.6. The Hall–Kier alpha value is -3.16. The van der Waals surface area contributed by atoms with Crippen LogP contribution in [0.25, 0.3) is 0 Å². The number of carbonyl (C=O) groups excluding carboxylic acids is 1. The van der Waals surface area contributed by atoms with Gasteiger partial charge in [0, 0.05) is 57.5 Å². The van der Waals surface area contributed by atoms with Crippen molar-refractivity contribution in [2.24, 2.45) is 17.8 Å². The monoisotopic (exact) mass is 603 g/mol. The SMILES string of the molecule is CC.CC(C)CN1CCN(CCN(C(=O)Nc2ccc(F)c(C(F)(F)F)c2)C2CCC3CC32)CC1.N#Cc1ccccc1. The summed E-state index contributed by atoms with van der Waals surface area (Å²) in [5, 5.41) is 10.9. The van der Waals surface area contributed by atoms with Crippen molar-refractivity contribution < 1.29 is 22.4 Å². The normalized spacial score (nSPS) is 21.4. The Balaban J connectivity index is 0.000000433. The van der Waals surface area contributed by atoms with E-state index in [-0.39, 0.29) is 11.7 Å². The molecule has 0 aromatic heterocycles. The highest BCUT2D eigenvalue weighted by atomic mass is 19.4. The molecular formula is C33H45F4N5O. The van der Waals surface area contributed by atoms with Crippen LogP contribution in [-0.4, -0.2) is 72.6 Å². The molecule has 6 nitrogen and oxygen atoms in total. The summed E-state index contributed by atoms with van der Waals surface area (Å²) in [6, 6.07) is 13.5. The first-order valence-electron chi connectivity index (χ1n) is 15.4. The molecule has 5 rings (SSSR count). The third kappa shape index (κ3) is 10.2. The van der Waals surface area contributed by atoms with Crippen LogP contribution in [0, 0.1) is 34.9 Å². The number of anilines is 1. The van der Waals surface area contributed by atoms with E-state index in [4.69, 9.17) is 5.26 Å². The van der Waals surface area contributed by atoms with Crippen LogP contribution >= 0.6 is 0 Å². The molecule has 0 spiro atoms. The van der Waals surface area contributed by atoms with E-state index < -0.39 is 23.6 Å². The van der Waals surface area contributed by atoms with E-state index in [1.54, 1.807) is 12.1 Å². The number of rotatable bonds is 7. The van der Waals surface area contributed by atoms with Crippen LogP contribution in [0.2, 0.25) is 0 Å². The van der Waals surface area contributed by atoms with Gasteiger partial charge in [0.1, 0.15) is 5.82 Å². The average Bonchev–Trinajstić information content (AvgIpc) is 3.66. The molecule has 2 saturated carbocycles. The number of piperazine rings is 1. The third-order valence-electron chi connectivity index (χ3n) is 8.14. The number of nitrogens with one attached hydrogen (secondary N) is 1. The number of nitrogens with zero attached hydrogens (tertiary/aromatic N) is 4. The fourth-order valence-corrected chi connectivity index (χ4v) is 5.97. The van der Waals surface area contributed by atoms with Gasteiger partial charge in [-0.15, -0.1) is 0 Å². The van der Waals surface area contributed by atoms with Gasteiger partial charge in [-0.25, -0.2) is 9.18 Å².